The molecule has 4 nitrogen and oxygen atoms in total. The number of alkyl halides is 1. The zero-order valence-electron chi connectivity index (χ0n) is 7.80. The number of aromatic nitrogens is 3. The van der Waals surface area contributed by atoms with Gasteiger partial charge in [0.1, 0.15) is 12.7 Å². The minimum Gasteiger partial charge on any atom is -0.412 e. The highest BCUT2D eigenvalue weighted by atomic mass is 79.9. The second-order valence-electron chi connectivity index (χ2n) is 2.64. The molecular weight excluding hydrogens is 326 g/mol. The molecule has 0 atom stereocenters. The van der Waals surface area contributed by atoms with Crippen molar-refractivity contribution in [2.45, 2.75) is 5.33 Å². The first-order chi connectivity index (χ1) is 6.40. The van der Waals surface area contributed by atoms with E-state index in [1.807, 2.05) is 12.1 Å². The molecule has 0 unspecified atom stereocenters. The third-order valence-electron chi connectivity index (χ3n) is 1.77. The van der Waals surface area contributed by atoms with E-state index in [0.29, 0.717) is 0 Å². The average molecular weight is 337 g/mol. The molecule has 82 valence electrons. The number of nitrogens with zero attached hydrogens (tertiary/aromatic N) is 3. The average Bonchev–Trinajstić information content (AvgIpc) is 2.71. The van der Waals surface area contributed by atoms with E-state index >= 15 is 0 Å². The zero-order valence-corrected chi connectivity index (χ0v) is 11.1. The summed E-state index contributed by atoms with van der Waals surface area (Å²) in [5, 5.41) is 4.92. The van der Waals surface area contributed by atoms with Gasteiger partial charge in [-0.2, -0.15) is 5.10 Å². The van der Waals surface area contributed by atoms with Crippen molar-refractivity contribution in [1.82, 2.24) is 14.8 Å². The van der Waals surface area contributed by atoms with Crippen LogP contribution in [0.25, 0.3) is 5.69 Å². The van der Waals surface area contributed by atoms with E-state index in [0.717, 1.165) is 11.0 Å². The summed E-state index contributed by atoms with van der Waals surface area (Å²) in [7, 11) is 0. The molecule has 0 aliphatic carbocycles. The van der Waals surface area contributed by atoms with E-state index in [1.54, 1.807) is 11.0 Å². The lowest BCUT2D eigenvalue weighted by Gasteiger charge is -2.00. The molecule has 0 aliphatic heterocycles. The monoisotopic (exact) mass is 335 g/mol. The first-order valence-electron chi connectivity index (χ1n) is 3.90. The standard InChI is InChI=1S/C9H8BrN3.BrH.H2O/c10-5-8-1-3-9(4-2-8)13-7-11-6-12-13;;/h1-4,6-7H,5H2;1H;1H2. The molecule has 0 bridgehead atoms. The van der Waals surface area contributed by atoms with Gasteiger partial charge in [0, 0.05) is 5.33 Å². The zero-order chi connectivity index (χ0) is 9.10. The predicted octanol–water partition coefficient (Wildman–Crippen LogP) is 1.92. The lowest BCUT2D eigenvalue weighted by Crippen LogP contribution is -1.93. The van der Waals surface area contributed by atoms with Gasteiger partial charge >= 0.3 is 0 Å². The van der Waals surface area contributed by atoms with Crippen LogP contribution in [0.2, 0.25) is 0 Å². The fourth-order valence-electron chi connectivity index (χ4n) is 1.08. The number of benzene rings is 1. The van der Waals surface area contributed by atoms with Crippen molar-refractivity contribution in [2.24, 2.45) is 0 Å². The van der Waals surface area contributed by atoms with Crippen LogP contribution in [0.5, 0.6) is 0 Å². The van der Waals surface area contributed by atoms with Gasteiger partial charge in [0.15, 0.2) is 0 Å². The lowest BCUT2D eigenvalue weighted by molar-refractivity contribution is 0.824. The van der Waals surface area contributed by atoms with Crippen LogP contribution < -0.4 is 0 Å². The van der Waals surface area contributed by atoms with Crippen LogP contribution in [0.3, 0.4) is 0 Å². The summed E-state index contributed by atoms with van der Waals surface area (Å²) in [6.07, 6.45) is 3.21. The Hall–Kier alpha value is -0.720. The molecule has 0 fully saturated rings. The van der Waals surface area contributed by atoms with Gasteiger partial charge in [-0.15, -0.1) is 17.0 Å². The van der Waals surface area contributed by atoms with Gasteiger partial charge in [-0.1, -0.05) is 28.1 Å². The summed E-state index contributed by atoms with van der Waals surface area (Å²) < 4.78 is 1.73. The normalized spacial score (nSPS) is 8.87. The van der Waals surface area contributed by atoms with Crippen molar-refractivity contribution in [3.05, 3.63) is 42.5 Å². The Morgan fingerprint density at radius 1 is 1.20 bits per heavy atom. The SMILES string of the molecule is Br.BrCc1ccc(-n2cncn2)cc1.O. The van der Waals surface area contributed by atoms with Gasteiger partial charge in [0.25, 0.3) is 0 Å². The van der Waals surface area contributed by atoms with Crippen LogP contribution >= 0.6 is 32.9 Å². The molecule has 6 heteroatoms. The second kappa shape index (κ2) is 6.71. The maximum atomic E-state index is 4.04. The highest BCUT2D eigenvalue weighted by molar-refractivity contribution is 9.08. The molecule has 0 amide bonds. The Bertz CT molecular complexity index is 375. The van der Waals surface area contributed by atoms with Gasteiger partial charge in [-0.05, 0) is 17.7 Å². The van der Waals surface area contributed by atoms with Crippen molar-refractivity contribution in [3.8, 4) is 5.69 Å². The van der Waals surface area contributed by atoms with Crippen molar-refractivity contribution >= 4 is 32.9 Å². The van der Waals surface area contributed by atoms with Crippen LogP contribution in [0.15, 0.2) is 36.9 Å². The molecule has 0 radical (unpaired) electrons. The highest BCUT2D eigenvalue weighted by Crippen LogP contribution is 2.10. The number of rotatable bonds is 2. The molecule has 0 saturated carbocycles. The van der Waals surface area contributed by atoms with Gasteiger partial charge in [-0.3, -0.25) is 0 Å². The summed E-state index contributed by atoms with van der Waals surface area (Å²) >= 11 is 3.40. The maximum Gasteiger partial charge on any atom is 0.138 e. The Morgan fingerprint density at radius 2 is 1.87 bits per heavy atom. The Balaban J connectivity index is 0.000000980. The first kappa shape index (κ1) is 14.3. The van der Waals surface area contributed by atoms with Crippen molar-refractivity contribution in [3.63, 3.8) is 0 Å². The molecular formula is C9H11Br2N3O. The maximum absolute atomic E-state index is 4.04. The van der Waals surface area contributed by atoms with Gasteiger partial charge in [0.05, 0.1) is 5.69 Å². The van der Waals surface area contributed by atoms with E-state index < -0.39 is 0 Å². The summed E-state index contributed by atoms with van der Waals surface area (Å²) in [5.74, 6) is 0. The van der Waals surface area contributed by atoms with Crippen molar-refractivity contribution in [1.29, 1.82) is 0 Å². The highest BCUT2D eigenvalue weighted by Gasteiger charge is 1.95. The second-order valence-corrected chi connectivity index (χ2v) is 3.20. The summed E-state index contributed by atoms with van der Waals surface area (Å²) in [5.41, 5.74) is 2.28. The van der Waals surface area contributed by atoms with Gasteiger partial charge < -0.3 is 5.48 Å². The van der Waals surface area contributed by atoms with E-state index in [9.17, 15) is 0 Å². The third kappa shape index (κ3) is 3.40. The van der Waals surface area contributed by atoms with E-state index in [-0.39, 0.29) is 22.5 Å². The van der Waals surface area contributed by atoms with Crippen molar-refractivity contribution < 1.29 is 5.48 Å². The molecule has 0 saturated heterocycles. The largest absolute Gasteiger partial charge is 0.412 e. The van der Waals surface area contributed by atoms with Crippen LogP contribution in [0.1, 0.15) is 5.56 Å². The Labute approximate surface area is 107 Å². The molecule has 1 heterocycles. The molecule has 2 aromatic rings. The quantitative estimate of drug-likeness (QED) is 0.786. The van der Waals surface area contributed by atoms with Crippen LogP contribution in [0, 0.1) is 0 Å². The van der Waals surface area contributed by atoms with Crippen LogP contribution in [-0.4, -0.2) is 20.2 Å². The van der Waals surface area contributed by atoms with E-state index in [1.165, 1.54) is 11.9 Å². The Morgan fingerprint density at radius 3 is 2.33 bits per heavy atom. The lowest BCUT2D eigenvalue weighted by atomic mass is 10.2. The van der Waals surface area contributed by atoms with Crippen molar-refractivity contribution in [2.75, 3.05) is 0 Å². The predicted molar refractivity (Wildman–Crippen MR) is 67.9 cm³/mol. The molecule has 0 spiro atoms. The van der Waals surface area contributed by atoms with E-state index in [4.69, 9.17) is 0 Å². The van der Waals surface area contributed by atoms with Crippen LogP contribution in [-0.2, 0) is 5.33 Å². The third-order valence-corrected chi connectivity index (χ3v) is 2.42. The fourth-order valence-corrected chi connectivity index (χ4v) is 1.45. The minimum absolute atomic E-state index is 0. The molecule has 1 aromatic carbocycles. The number of halogens is 2. The molecule has 0 aliphatic rings. The first-order valence-corrected chi connectivity index (χ1v) is 5.02. The Kier molecular flexibility index (Phi) is 6.38. The smallest absolute Gasteiger partial charge is 0.138 e. The molecule has 2 N–H and O–H groups in total. The summed E-state index contributed by atoms with van der Waals surface area (Å²) in [4.78, 5) is 3.88. The topological polar surface area (TPSA) is 62.2 Å². The minimum atomic E-state index is 0. The molecule has 2 rings (SSSR count). The van der Waals surface area contributed by atoms with Gasteiger partial charge in [0.2, 0.25) is 0 Å². The summed E-state index contributed by atoms with van der Waals surface area (Å²) in [6, 6.07) is 8.16. The number of hydrogen-bond donors (Lipinski definition) is 0. The number of hydrogen-bond acceptors (Lipinski definition) is 2. The fraction of sp³-hybridized carbons (Fsp3) is 0.111. The van der Waals surface area contributed by atoms with Gasteiger partial charge in [-0.25, -0.2) is 9.67 Å². The molecule has 1 aromatic heterocycles. The van der Waals surface area contributed by atoms with Crippen LogP contribution in [0.4, 0.5) is 0 Å². The summed E-state index contributed by atoms with van der Waals surface area (Å²) in [6.45, 7) is 0. The van der Waals surface area contributed by atoms with E-state index in [2.05, 4.69) is 38.1 Å². The molecule has 15 heavy (non-hydrogen) atoms.